The Bertz CT molecular complexity index is 348. The number of aromatic nitrogens is 2. The second kappa shape index (κ2) is 4.57. The minimum Gasteiger partial charge on any atom is -0.352 e. The topological polar surface area (TPSA) is 54.9 Å². The van der Waals surface area contributed by atoms with Crippen molar-refractivity contribution < 1.29 is 4.79 Å². The van der Waals surface area contributed by atoms with Gasteiger partial charge >= 0.3 is 0 Å². The van der Waals surface area contributed by atoms with Gasteiger partial charge in [-0.25, -0.2) is 9.97 Å². The molecular formula is C10H12ClN3O. The van der Waals surface area contributed by atoms with E-state index in [0.717, 1.165) is 6.54 Å². The van der Waals surface area contributed by atoms with Crippen LogP contribution in [-0.2, 0) is 0 Å². The molecule has 4 nitrogen and oxygen atoms in total. The van der Waals surface area contributed by atoms with E-state index in [2.05, 4.69) is 15.3 Å². The predicted octanol–water partition coefficient (Wildman–Crippen LogP) is 1.66. The fraction of sp³-hybridized carbons (Fsp3) is 0.500. The summed E-state index contributed by atoms with van der Waals surface area (Å²) < 4.78 is 0. The Morgan fingerprint density at radius 1 is 1.47 bits per heavy atom. The number of nitrogens with one attached hydrogen (secondary N) is 1. The molecule has 1 aromatic rings. The van der Waals surface area contributed by atoms with Crippen molar-refractivity contribution in [1.29, 1.82) is 0 Å². The molecule has 1 saturated carbocycles. The number of hydrogen-bond acceptors (Lipinski definition) is 3. The summed E-state index contributed by atoms with van der Waals surface area (Å²) in [6.45, 7) is 0.751. The molecule has 1 aromatic heterocycles. The fourth-order valence-electron chi connectivity index (χ4n) is 1.47. The van der Waals surface area contributed by atoms with Crippen molar-refractivity contribution in [2.24, 2.45) is 5.92 Å². The summed E-state index contributed by atoms with van der Waals surface area (Å²) in [6, 6.07) is 0. The summed E-state index contributed by atoms with van der Waals surface area (Å²) in [5.41, 5.74) is 0.457. The first kappa shape index (κ1) is 10.4. The third kappa shape index (κ3) is 2.65. The van der Waals surface area contributed by atoms with Gasteiger partial charge in [-0.05, 0) is 30.4 Å². The third-order valence-electron chi connectivity index (χ3n) is 2.66. The van der Waals surface area contributed by atoms with E-state index in [9.17, 15) is 4.79 Å². The van der Waals surface area contributed by atoms with Crippen molar-refractivity contribution in [2.75, 3.05) is 6.54 Å². The molecule has 0 aromatic carbocycles. The Morgan fingerprint density at radius 3 is 2.67 bits per heavy atom. The van der Waals surface area contributed by atoms with E-state index in [1.54, 1.807) is 0 Å². The maximum Gasteiger partial charge on any atom is 0.254 e. The van der Waals surface area contributed by atoms with Crippen LogP contribution in [-0.4, -0.2) is 22.4 Å². The number of carbonyl (C=O) groups excluding carboxylic acids is 1. The zero-order valence-electron chi connectivity index (χ0n) is 8.24. The van der Waals surface area contributed by atoms with Crippen LogP contribution >= 0.6 is 11.6 Å². The molecule has 0 radical (unpaired) electrons. The highest BCUT2D eigenvalue weighted by molar-refractivity contribution is 6.28. The van der Waals surface area contributed by atoms with Crippen LogP contribution in [0.4, 0.5) is 0 Å². The highest BCUT2D eigenvalue weighted by atomic mass is 35.5. The van der Waals surface area contributed by atoms with Crippen molar-refractivity contribution in [3.05, 3.63) is 23.2 Å². The van der Waals surface area contributed by atoms with Gasteiger partial charge in [0.05, 0.1) is 5.56 Å². The second-order valence-corrected chi connectivity index (χ2v) is 4.09. The maximum atomic E-state index is 11.6. The fourth-order valence-corrected chi connectivity index (χ4v) is 1.56. The lowest BCUT2D eigenvalue weighted by molar-refractivity contribution is 0.0938. The molecule has 1 fully saturated rings. The van der Waals surface area contributed by atoms with Crippen LogP contribution in [0.1, 0.15) is 29.6 Å². The van der Waals surface area contributed by atoms with Crippen molar-refractivity contribution in [3.63, 3.8) is 0 Å². The number of amides is 1. The van der Waals surface area contributed by atoms with Gasteiger partial charge < -0.3 is 5.32 Å². The quantitative estimate of drug-likeness (QED) is 0.796. The van der Waals surface area contributed by atoms with E-state index in [-0.39, 0.29) is 11.2 Å². The first-order chi connectivity index (χ1) is 7.25. The first-order valence-corrected chi connectivity index (χ1v) is 5.39. The molecule has 15 heavy (non-hydrogen) atoms. The van der Waals surface area contributed by atoms with Crippen LogP contribution in [0.2, 0.25) is 5.28 Å². The van der Waals surface area contributed by atoms with Crippen LogP contribution in [0.25, 0.3) is 0 Å². The van der Waals surface area contributed by atoms with Crippen molar-refractivity contribution in [3.8, 4) is 0 Å². The molecule has 1 heterocycles. The summed E-state index contributed by atoms with van der Waals surface area (Å²) >= 11 is 5.52. The number of nitrogens with zero attached hydrogens (tertiary/aromatic N) is 2. The maximum absolute atomic E-state index is 11.6. The van der Waals surface area contributed by atoms with Crippen LogP contribution in [0.5, 0.6) is 0 Å². The van der Waals surface area contributed by atoms with Gasteiger partial charge in [0.1, 0.15) is 0 Å². The number of rotatable bonds is 3. The Kier molecular flexibility index (Phi) is 3.16. The molecule has 0 aliphatic heterocycles. The van der Waals surface area contributed by atoms with Gasteiger partial charge in [-0.15, -0.1) is 0 Å². The second-order valence-electron chi connectivity index (χ2n) is 3.75. The molecule has 0 unspecified atom stereocenters. The minimum absolute atomic E-state index is 0.126. The molecule has 1 aliphatic carbocycles. The zero-order chi connectivity index (χ0) is 10.7. The average molecular weight is 226 g/mol. The van der Waals surface area contributed by atoms with E-state index in [4.69, 9.17) is 11.6 Å². The van der Waals surface area contributed by atoms with Crippen LogP contribution < -0.4 is 5.32 Å². The van der Waals surface area contributed by atoms with Gasteiger partial charge in [-0.2, -0.15) is 0 Å². The SMILES string of the molecule is O=C(NCC1CCC1)c1cnc(Cl)nc1. The highest BCUT2D eigenvalue weighted by Gasteiger charge is 2.18. The largest absolute Gasteiger partial charge is 0.352 e. The van der Waals surface area contributed by atoms with Crippen LogP contribution in [0, 0.1) is 5.92 Å². The predicted molar refractivity (Wildman–Crippen MR) is 56.7 cm³/mol. The Hall–Kier alpha value is -1.16. The molecule has 0 bridgehead atoms. The van der Waals surface area contributed by atoms with Crippen molar-refractivity contribution in [2.45, 2.75) is 19.3 Å². The Balaban J connectivity index is 1.86. The lowest BCUT2D eigenvalue weighted by atomic mass is 9.85. The molecule has 1 aliphatic rings. The normalized spacial score (nSPS) is 15.8. The summed E-state index contributed by atoms with van der Waals surface area (Å²) in [7, 11) is 0. The zero-order valence-corrected chi connectivity index (χ0v) is 9.00. The molecular weight excluding hydrogens is 214 g/mol. The monoisotopic (exact) mass is 225 g/mol. The lowest BCUT2D eigenvalue weighted by Gasteiger charge is -2.25. The summed E-state index contributed by atoms with van der Waals surface area (Å²) in [6.07, 6.45) is 6.59. The number of carbonyl (C=O) groups is 1. The Labute approximate surface area is 93.1 Å². The van der Waals surface area contributed by atoms with Gasteiger partial charge in [-0.1, -0.05) is 6.42 Å². The standard InChI is InChI=1S/C10H12ClN3O/c11-10-13-5-8(6-14-10)9(15)12-4-7-2-1-3-7/h5-7H,1-4H2,(H,12,15). The highest BCUT2D eigenvalue weighted by Crippen LogP contribution is 2.25. The number of halogens is 1. The molecule has 1 amide bonds. The van der Waals surface area contributed by atoms with Crippen LogP contribution in [0.15, 0.2) is 12.4 Å². The van der Waals surface area contributed by atoms with E-state index in [0.29, 0.717) is 11.5 Å². The molecule has 2 rings (SSSR count). The third-order valence-corrected chi connectivity index (χ3v) is 2.85. The molecule has 0 spiro atoms. The van der Waals surface area contributed by atoms with Gasteiger partial charge in [0.15, 0.2) is 0 Å². The minimum atomic E-state index is -0.126. The number of hydrogen-bond donors (Lipinski definition) is 1. The average Bonchev–Trinajstić information content (AvgIpc) is 2.16. The van der Waals surface area contributed by atoms with Gasteiger partial charge in [0, 0.05) is 18.9 Å². The molecule has 80 valence electrons. The van der Waals surface area contributed by atoms with Gasteiger partial charge in [-0.3, -0.25) is 4.79 Å². The smallest absolute Gasteiger partial charge is 0.254 e. The first-order valence-electron chi connectivity index (χ1n) is 5.01. The van der Waals surface area contributed by atoms with Crippen molar-refractivity contribution in [1.82, 2.24) is 15.3 Å². The summed E-state index contributed by atoms with van der Waals surface area (Å²) in [5.74, 6) is 0.528. The molecule has 0 saturated heterocycles. The Morgan fingerprint density at radius 2 is 2.13 bits per heavy atom. The molecule has 1 N–H and O–H groups in total. The van der Waals surface area contributed by atoms with E-state index in [1.807, 2.05) is 0 Å². The summed E-state index contributed by atoms with van der Waals surface area (Å²) in [5, 5.41) is 3.02. The van der Waals surface area contributed by atoms with Gasteiger partial charge in [0.2, 0.25) is 5.28 Å². The van der Waals surface area contributed by atoms with Crippen molar-refractivity contribution >= 4 is 17.5 Å². The van der Waals surface area contributed by atoms with E-state index < -0.39 is 0 Å². The molecule has 0 atom stereocenters. The summed E-state index contributed by atoms with van der Waals surface area (Å²) in [4.78, 5) is 19.1. The molecule has 5 heteroatoms. The lowest BCUT2D eigenvalue weighted by Crippen LogP contribution is -2.32. The van der Waals surface area contributed by atoms with Crippen LogP contribution in [0.3, 0.4) is 0 Å². The van der Waals surface area contributed by atoms with E-state index >= 15 is 0 Å². The van der Waals surface area contributed by atoms with E-state index in [1.165, 1.54) is 31.7 Å². The van der Waals surface area contributed by atoms with Gasteiger partial charge in [0.25, 0.3) is 5.91 Å².